The molecule has 1 aliphatic heterocycles. The van der Waals surface area contributed by atoms with Crippen LogP contribution in [0.15, 0.2) is 24.3 Å². The zero-order chi connectivity index (χ0) is 11.1. The van der Waals surface area contributed by atoms with Gasteiger partial charge in [0.2, 0.25) is 0 Å². The molecule has 3 heteroatoms. The first kappa shape index (κ1) is 9.70. The topological polar surface area (TPSA) is 49.3 Å². The van der Waals surface area contributed by atoms with Crippen molar-refractivity contribution >= 4 is 11.7 Å². The fourth-order valence-electron chi connectivity index (χ4n) is 2.61. The third-order valence-electron chi connectivity index (χ3n) is 3.66. The number of para-hydroxylation sites is 1. The van der Waals surface area contributed by atoms with Gasteiger partial charge in [-0.3, -0.25) is 4.79 Å². The Morgan fingerprint density at radius 2 is 2.06 bits per heavy atom. The third-order valence-corrected chi connectivity index (χ3v) is 3.66. The molecule has 2 atom stereocenters. The summed E-state index contributed by atoms with van der Waals surface area (Å²) in [5.74, 6) is -0.335. The van der Waals surface area contributed by atoms with Crippen LogP contribution >= 0.6 is 0 Å². The molecule has 0 aromatic heterocycles. The summed E-state index contributed by atoms with van der Waals surface area (Å²) >= 11 is 0. The summed E-state index contributed by atoms with van der Waals surface area (Å²) < 4.78 is 0. The smallest absolute Gasteiger partial charge is 0.311 e. The van der Waals surface area contributed by atoms with Crippen LogP contribution < -0.4 is 5.32 Å². The lowest BCUT2D eigenvalue weighted by molar-refractivity contribution is -0.139. The number of carbonyl (C=O) groups is 1. The lowest BCUT2D eigenvalue weighted by atomic mass is 9.85. The molecular formula is C13H15NO2. The Morgan fingerprint density at radius 3 is 2.75 bits per heavy atom. The molecule has 1 saturated carbocycles. The van der Waals surface area contributed by atoms with Crippen LogP contribution in [0.25, 0.3) is 0 Å². The third kappa shape index (κ3) is 1.56. The Morgan fingerprint density at radius 1 is 1.31 bits per heavy atom. The average molecular weight is 217 g/mol. The standard InChI is InChI=1S/C13H15NO2/c15-13(16)10-7-12(8-5-6-8)14-11-4-2-1-3-9(10)11/h1-4,8,10,12,14H,5-7H2,(H,15,16)/t10-,12+/m1/s1. The van der Waals surface area contributed by atoms with Crippen molar-refractivity contribution in [2.24, 2.45) is 5.92 Å². The van der Waals surface area contributed by atoms with Gasteiger partial charge in [-0.25, -0.2) is 0 Å². The van der Waals surface area contributed by atoms with Gasteiger partial charge in [-0.15, -0.1) is 0 Å². The van der Waals surface area contributed by atoms with Gasteiger partial charge in [0.1, 0.15) is 0 Å². The summed E-state index contributed by atoms with van der Waals surface area (Å²) in [5, 5.41) is 12.8. The molecule has 1 aliphatic carbocycles. The van der Waals surface area contributed by atoms with Crippen molar-refractivity contribution in [1.29, 1.82) is 0 Å². The van der Waals surface area contributed by atoms with Crippen LogP contribution in [0.5, 0.6) is 0 Å². The lowest BCUT2D eigenvalue weighted by Gasteiger charge is -2.31. The molecule has 1 aromatic rings. The van der Waals surface area contributed by atoms with Crippen LogP contribution in [0.2, 0.25) is 0 Å². The lowest BCUT2D eigenvalue weighted by Crippen LogP contribution is -2.32. The number of hydrogen-bond acceptors (Lipinski definition) is 2. The molecule has 0 bridgehead atoms. The maximum atomic E-state index is 11.3. The van der Waals surface area contributed by atoms with Gasteiger partial charge in [0.15, 0.2) is 0 Å². The van der Waals surface area contributed by atoms with Gasteiger partial charge in [0, 0.05) is 11.7 Å². The quantitative estimate of drug-likeness (QED) is 0.800. The van der Waals surface area contributed by atoms with E-state index in [9.17, 15) is 9.90 Å². The summed E-state index contributed by atoms with van der Waals surface area (Å²) in [7, 11) is 0. The van der Waals surface area contributed by atoms with E-state index in [4.69, 9.17) is 0 Å². The van der Waals surface area contributed by atoms with Crippen LogP contribution in [0.3, 0.4) is 0 Å². The zero-order valence-corrected chi connectivity index (χ0v) is 9.02. The summed E-state index contributed by atoms with van der Waals surface area (Å²) in [6.07, 6.45) is 3.22. The van der Waals surface area contributed by atoms with Gasteiger partial charge >= 0.3 is 5.97 Å². The fraction of sp³-hybridized carbons (Fsp3) is 0.462. The first-order valence-electron chi connectivity index (χ1n) is 5.84. The minimum Gasteiger partial charge on any atom is -0.481 e. The highest BCUT2D eigenvalue weighted by atomic mass is 16.4. The number of aliphatic carboxylic acids is 1. The van der Waals surface area contributed by atoms with Gasteiger partial charge in [0.25, 0.3) is 0 Å². The van der Waals surface area contributed by atoms with Crippen LogP contribution in [0.1, 0.15) is 30.7 Å². The van der Waals surface area contributed by atoms with Crippen LogP contribution in [0, 0.1) is 5.92 Å². The largest absolute Gasteiger partial charge is 0.481 e. The molecule has 84 valence electrons. The highest BCUT2D eigenvalue weighted by Gasteiger charge is 2.38. The van der Waals surface area contributed by atoms with Crippen molar-refractivity contribution in [3.8, 4) is 0 Å². The van der Waals surface area contributed by atoms with E-state index in [1.807, 2.05) is 24.3 Å². The summed E-state index contributed by atoms with van der Waals surface area (Å²) in [5.41, 5.74) is 1.95. The van der Waals surface area contributed by atoms with Crippen LogP contribution in [-0.4, -0.2) is 17.1 Å². The normalized spacial score (nSPS) is 28.0. The molecule has 0 unspecified atom stereocenters. The second-order valence-electron chi connectivity index (χ2n) is 4.80. The highest BCUT2D eigenvalue weighted by Crippen LogP contribution is 2.43. The molecule has 1 aromatic carbocycles. The second-order valence-corrected chi connectivity index (χ2v) is 4.80. The molecule has 16 heavy (non-hydrogen) atoms. The molecule has 3 nitrogen and oxygen atoms in total. The van der Waals surface area contributed by atoms with E-state index in [0.717, 1.165) is 17.7 Å². The first-order chi connectivity index (χ1) is 7.75. The maximum Gasteiger partial charge on any atom is 0.311 e. The van der Waals surface area contributed by atoms with E-state index in [2.05, 4.69) is 5.32 Å². The van der Waals surface area contributed by atoms with E-state index >= 15 is 0 Å². The Kier molecular flexibility index (Phi) is 2.13. The van der Waals surface area contributed by atoms with E-state index in [-0.39, 0.29) is 5.92 Å². The minimum atomic E-state index is -0.695. The number of benzene rings is 1. The van der Waals surface area contributed by atoms with E-state index in [1.54, 1.807) is 0 Å². The minimum absolute atomic E-state index is 0.331. The first-order valence-corrected chi connectivity index (χ1v) is 5.84. The van der Waals surface area contributed by atoms with Gasteiger partial charge in [-0.2, -0.15) is 0 Å². The van der Waals surface area contributed by atoms with E-state index in [1.165, 1.54) is 12.8 Å². The predicted octanol–water partition coefficient (Wildman–Crippen LogP) is 2.45. The van der Waals surface area contributed by atoms with Gasteiger partial charge in [-0.1, -0.05) is 18.2 Å². The monoisotopic (exact) mass is 217 g/mol. The molecule has 1 fully saturated rings. The molecular weight excluding hydrogens is 202 g/mol. The van der Waals surface area contributed by atoms with Crippen LogP contribution in [-0.2, 0) is 4.79 Å². The number of rotatable bonds is 2. The molecule has 0 spiro atoms. The SMILES string of the molecule is O=C(O)[C@@H]1C[C@@H](C2CC2)Nc2ccccc21. The van der Waals surface area contributed by atoms with Crippen molar-refractivity contribution in [3.63, 3.8) is 0 Å². The Balaban J connectivity index is 1.96. The molecule has 2 aliphatic rings. The maximum absolute atomic E-state index is 11.3. The van der Waals surface area contributed by atoms with Crippen molar-refractivity contribution in [2.45, 2.75) is 31.2 Å². The number of carboxylic acids is 1. The number of fused-ring (bicyclic) bond motifs is 1. The second kappa shape index (κ2) is 3.51. The van der Waals surface area contributed by atoms with Gasteiger partial charge < -0.3 is 10.4 Å². The van der Waals surface area contributed by atoms with Crippen molar-refractivity contribution in [2.75, 3.05) is 5.32 Å². The summed E-state index contributed by atoms with van der Waals surface area (Å²) in [6, 6.07) is 8.13. The summed E-state index contributed by atoms with van der Waals surface area (Å²) in [6.45, 7) is 0. The summed E-state index contributed by atoms with van der Waals surface area (Å²) in [4.78, 5) is 11.3. The molecule has 1 heterocycles. The molecule has 0 radical (unpaired) electrons. The zero-order valence-electron chi connectivity index (χ0n) is 9.02. The molecule has 0 amide bonds. The van der Waals surface area contributed by atoms with Crippen molar-refractivity contribution in [1.82, 2.24) is 0 Å². The molecule has 3 rings (SSSR count). The highest BCUT2D eigenvalue weighted by molar-refractivity contribution is 5.80. The fourth-order valence-corrected chi connectivity index (χ4v) is 2.61. The van der Waals surface area contributed by atoms with Crippen molar-refractivity contribution in [3.05, 3.63) is 29.8 Å². The van der Waals surface area contributed by atoms with Crippen molar-refractivity contribution < 1.29 is 9.90 Å². The predicted molar refractivity (Wildman–Crippen MR) is 61.6 cm³/mol. The Bertz CT molecular complexity index is 426. The van der Waals surface area contributed by atoms with E-state index < -0.39 is 5.97 Å². The number of nitrogens with one attached hydrogen (secondary N) is 1. The van der Waals surface area contributed by atoms with E-state index in [0.29, 0.717) is 12.0 Å². The number of hydrogen-bond donors (Lipinski definition) is 2. The number of carboxylic acid groups (broad SMARTS) is 1. The average Bonchev–Trinajstić information content (AvgIpc) is 3.11. The number of anilines is 1. The molecule has 2 N–H and O–H groups in total. The Hall–Kier alpha value is -1.51. The Labute approximate surface area is 94.5 Å². The van der Waals surface area contributed by atoms with Gasteiger partial charge in [0.05, 0.1) is 5.92 Å². The van der Waals surface area contributed by atoms with Crippen LogP contribution in [0.4, 0.5) is 5.69 Å². The van der Waals surface area contributed by atoms with Gasteiger partial charge in [-0.05, 0) is 36.8 Å². The molecule has 0 saturated heterocycles.